The van der Waals surface area contributed by atoms with Gasteiger partial charge in [0.1, 0.15) is 5.69 Å². The minimum Gasteiger partial charge on any atom is -0.493 e. The highest BCUT2D eigenvalue weighted by atomic mass is 35.5. The maximum absolute atomic E-state index is 14.7. The van der Waals surface area contributed by atoms with Crippen LogP contribution in [-0.4, -0.2) is 29.7 Å². The molecule has 0 aliphatic carbocycles. The summed E-state index contributed by atoms with van der Waals surface area (Å²) in [5, 5.41) is 0.320. The first-order valence-electron chi connectivity index (χ1n) is 8.23. The molecule has 0 unspecified atom stereocenters. The first-order valence-corrected chi connectivity index (χ1v) is 9.86. The average Bonchev–Trinajstić information content (AvgIpc) is 3.09. The Morgan fingerprint density at radius 3 is 2.61 bits per heavy atom. The van der Waals surface area contributed by atoms with Crippen LogP contribution in [0, 0.1) is 6.92 Å². The number of aryl methyl sites for hydroxylation is 1. The summed E-state index contributed by atoms with van der Waals surface area (Å²) in [6.45, 7) is 2.36. The van der Waals surface area contributed by atoms with Crippen LogP contribution in [0.5, 0.6) is 11.5 Å². The van der Waals surface area contributed by atoms with Crippen molar-refractivity contribution in [3.8, 4) is 11.5 Å². The Kier molecular flexibility index (Phi) is 6.83. The number of aliphatic imine (C=N–C) groups is 1. The molecular formula is C19H16Cl2FN3O2S. The van der Waals surface area contributed by atoms with Crippen LogP contribution in [0.4, 0.5) is 10.1 Å². The molecule has 0 saturated heterocycles. The van der Waals surface area contributed by atoms with Crippen LogP contribution in [-0.2, 0) is 6.42 Å². The lowest BCUT2D eigenvalue weighted by molar-refractivity contribution is 0.298. The van der Waals surface area contributed by atoms with E-state index in [1.54, 1.807) is 29.0 Å². The number of thiazole rings is 1. The van der Waals surface area contributed by atoms with Gasteiger partial charge in [-0.25, -0.2) is 9.98 Å². The predicted octanol–water partition coefficient (Wildman–Crippen LogP) is 5.83. The summed E-state index contributed by atoms with van der Waals surface area (Å²) in [6.07, 6.45) is 3.40. The predicted molar refractivity (Wildman–Crippen MR) is 111 cm³/mol. The van der Waals surface area contributed by atoms with Gasteiger partial charge in [0.2, 0.25) is 5.97 Å². The van der Waals surface area contributed by atoms with E-state index in [9.17, 15) is 4.39 Å². The number of pyridine rings is 1. The third kappa shape index (κ3) is 4.79. The van der Waals surface area contributed by atoms with Crippen molar-refractivity contribution in [3.63, 3.8) is 0 Å². The van der Waals surface area contributed by atoms with E-state index in [4.69, 9.17) is 32.7 Å². The van der Waals surface area contributed by atoms with E-state index in [0.717, 1.165) is 10.6 Å². The lowest BCUT2D eigenvalue weighted by atomic mass is 10.2. The Morgan fingerprint density at radius 2 is 1.96 bits per heavy atom. The second kappa shape index (κ2) is 9.32. The third-order valence-electron chi connectivity index (χ3n) is 3.87. The second-order valence-electron chi connectivity index (χ2n) is 5.68. The van der Waals surface area contributed by atoms with Crippen LogP contribution in [0.1, 0.15) is 16.1 Å². The molecule has 5 nitrogen and oxygen atoms in total. The molecule has 0 fully saturated rings. The van der Waals surface area contributed by atoms with Crippen molar-refractivity contribution in [3.05, 3.63) is 62.3 Å². The van der Waals surface area contributed by atoms with Crippen molar-refractivity contribution in [2.75, 3.05) is 13.7 Å². The standard InChI is InChI=1S/C19H16Cl2FN3O2S/c1-11-17(28-10-24-11)5-6-27-16-7-12(3-4-15(16)26-2)19(22)25-18-13(20)8-23-9-14(18)21/h3-4,7-10H,5-6H2,1-2H3. The third-order valence-corrected chi connectivity index (χ3v) is 5.42. The number of halogens is 3. The highest BCUT2D eigenvalue weighted by Crippen LogP contribution is 2.34. The van der Waals surface area contributed by atoms with Gasteiger partial charge in [-0.3, -0.25) is 4.98 Å². The highest BCUT2D eigenvalue weighted by Gasteiger charge is 2.13. The smallest absolute Gasteiger partial charge is 0.220 e. The number of ether oxygens (including phenoxy) is 2. The van der Waals surface area contributed by atoms with Gasteiger partial charge in [-0.15, -0.1) is 11.3 Å². The fraction of sp³-hybridized carbons (Fsp3) is 0.211. The van der Waals surface area contributed by atoms with Gasteiger partial charge >= 0.3 is 0 Å². The van der Waals surface area contributed by atoms with Crippen LogP contribution in [0.3, 0.4) is 0 Å². The van der Waals surface area contributed by atoms with Crippen LogP contribution in [0.25, 0.3) is 0 Å². The molecule has 0 saturated carbocycles. The van der Waals surface area contributed by atoms with Gasteiger partial charge in [-0.05, 0) is 25.1 Å². The van der Waals surface area contributed by atoms with E-state index >= 15 is 0 Å². The first kappa shape index (κ1) is 20.5. The molecule has 3 aromatic rings. The van der Waals surface area contributed by atoms with E-state index in [2.05, 4.69) is 15.0 Å². The van der Waals surface area contributed by atoms with Gasteiger partial charge in [0.25, 0.3) is 0 Å². The Bertz CT molecular complexity index is 990. The number of hydrogen-bond acceptors (Lipinski definition) is 6. The summed E-state index contributed by atoms with van der Waals surface area (Å²) in [5.74, 6) is 0.165. The fourth-order valence-corrected chi connectivity index (χ4v) is 3.62. The van der Waals surface area contributed by atoms with Crippen molar-refractivity contribution in [2.45, 2.75) is 13.3 Å². The van der Waals surface area contributed by atoms with Gasteiger partial charge in [0, 0.05) is 29.3 Å². The fourth-order valence-electron chi connectivity index (χ4n) is 2.41. The van der Waals surface area contributed by atoms with Crippen LogP contribution in [0.2, 0.25) is 10.0 Å². The average molecular weight is 440 g/mol. The topological polar surface area (TPSA) is 56.6 Å². The molecule has 3 rings (SSSR count). The molecule has 146 valence electrons. The largest absolute Gasteiger partial charge is 0.493 e. The van der Waals surface area contributed by atoms with Gasteiger partial charge < -0.3 is 9.47 Å². The number of nitrogens with zero attached hydrogens (tertiary/aromatic N) is 3. The molecule has 0 N–H and O–H groups in total. The number of rotatable bonds is 7. The van der Waals surface area contributed by atoms with Gasteiger partial charge in [-0.2, -0.15) is 4.39 Å². The molecule has 0 amide bonds. The van der Waals surface area contributed by atoms with E-state index in [1.807, 2.05) is 6.92 Å². The number of benzene rings is 1. The molecule has 0 atom stereocenters. The van der Waals surface area contributed by atoms with Gasteiger partial charge in [-0.1, -0.05) is 23.2 Å². The normalized spacial score (nSPS) is 11.5. The van der Waals surface area contributed by atoms with Crippen molar-refractivity contribution in [1.29, 1.82) is 0 Å². The van der Waals surface area contributed by atoms with Crippen molar-refractivity contribution >= 4 is 46.2 Å². The molecule has 0 bridgehead atoms. The zero-order valence-electron chi connectivity index (χ0n) is 15.1. The van der Waals surface area contributed by atoms with Crippen LogP contribution >= 0.6 is 34.5 Å². The summed E-state index contributed by atoms with van der Waals surface area (Å²) in [5.41, 5.74) is 3.12. The molecule has 0 aliphatic rings. The molecule has 2 heterocycles. The molecule has 0 aliphatic heterocycles. The van der Waals surface area contributed by atoms with E-state index in [0.29, 0.717) is 24.5 Å². The quantitative estimate of drug-likeness (QED) is 0.434. The van der Waals surface area contributed by atoms with E-state index in [-0.39, 0.29) is 21.3 Å². The molecule has 28 heavy (non-hydrogen) atoms. The number of hydrogen-bond donors (Lipinski definition) is 0. The monoisotopic (exact) mass is 439 g/mol. The summed E-state index contributed by atoms with van der Waals surface area (Å²) in [4.78, 5) is 13.1. The maximum Gasteiger partial charge on any atom is 0.220 e. The van der Waals surface area contributed by atoms with Crippen LogP contribution < -0.4 is 9.47 Å². The van der Waals surface area contributed by atoms with Crippen LogP contribution in [0.15, 0.2) is 41.1 Å². The summed E-state index contributed by atoms with van der Waals surface area (Å²) < 4.78 is 25.8. The van der Waals surface area contributed by atoms with Gasteiger partial charge in [0.15, 0.2) is 11.5 Å². The SMILES string of the molecule is COc1ccc(C(F)=Nc2c(Cl)cncc2Cl)cc1OCCc1scnc1C. The minimum atomic E-state index is -0.749. The lowest BCUT2D eigenvalue weighted by Crippen LogP contribution is -2.04. The molecule has 1 aromatic carbocycles. The van der Waals surface area contributed by atoms with Gasteiger partial charge in [0.05, 0.1) is 35.0 Å². The first-order chi connectivity index (χ1) is 13.5. The Labute approximate surface area is 175 Å². The summed E-state index contributed by atoms with van der Waals surface area (Å²) in [7, 11) is 1.52. The molecular weight excluding hydrogens is 424 g/mol. The van der Waals surface area contributed by atoms with E-state index < -0.39 is 5.97 Å². The van der Waals surface area contributed by atoms with Crippen molar-refractivity contribution in [2.24, 2.45) is 4.99 Å². The number of methoxy groups -OCH3 is 1. The zero-order chi connectivity index (χ0) is 20.1. The Hall–Kier alpha value is -2.22. The Balaban J connectivity index is 1.81. The zero-order valence-corrected chi connectivity index (χ0v) is 17.4. The Morgan fingerprint density at radius 1 is 1.21 bits per heavy atom. The lowest BCUT2D eigenvalue weighted by Gasteiger charge is -2.11. The number of aromatic nitrogens is 2. The minimum absolute atomic E-state index is 0.120. The summed E-state index contributed by atoms with van der Waals surface area (Å²) in [6, 6.07) is 4.69. The molecule has 0 spiro atoms. The van der Waals surface area contributed by atoms with Crippen molar-refractivity contribution < 1.29 is 13.9 Å². The molecule has 9 heteroatoms. The van der Waals surface area contributed by atoms with Crippen molar-refractivity contribution in [1.82, 2.24) is 9.97 Å². The molecule has 2 aromatic heterocycles. The maximum atomic E-state index is 14.7. The molecule has 0 radical (unpaired) electrons. The van der Waals surface area contributed by atoms with E-state index in [1.165, 1.54) is 25.6 Å². The second-order valence-corrected chi connectivity index (χ2v) is 7.43. The highest BCUT2D eigenvalue weighted by molar-refractivity contribution is 7.09. The summed E-state index contributed by atoms with van der Waals surface area (Å²) >= 11 is 13.6.